The van der Waals surface area contributed by atoms with Gasteiger partial charge in [-0.1, -0.05) is 20.3 Å². The van der Waals surface area contributed by atoms with Crippen LogP contribution in [0.15, 0.2) is 24.3 Å². The molecule has 1 saturated heterocycles. The number of amides is 2. The molecule has 1 aliphatic rings. The van der Waals surface area contributed by atoms with Crippen LogP contribution in [0.1, 0.15) is 40.0 Å². The number of hydrogen-bond acceptors (Lipinski definition) is 4. The summed E-state index contributed by atoms with van der Waals surface area (Å²) < 4.78 is 29.1. The standard InChI is InChI=1S/C21H34FN5O3S/c1-4-5-10-26-11-12-27(31(26)30)16(3)21(29)24-14-18(23)13-15(2)20(28)25-19-8-6-17(22)7-9-19/h6-9,15-16,18H,4-5,10-14,23H2,1-3H3,(H,24,29)(H,25,28)/t15?,16-,18?,31?/m1/s1. The molecule has 8 nitrogen and oxygen atoms in total. The van der Waals surface area contributed by atoms with Gasteiger partial charge in [0, 0.05) is 43.8 Å². The third-order valence-corrected chi connectivity index (χ3v) is 7.02. The number of hydrogen-bond donors (Lipinski definition) is 3. The van der Waals surface area contributed by atoms with Crippen molar-refractivity contribution in [2.45, 2.75) is 52.1 Å². The maximum Gasteiger partial charge on any atom is 0.238 e. The highest BCUT2D eigenvalue weighted by Gasteiger charge is 2.34. The first-order valence-corrected chi connectivity index (χ1v) is 11.8. The average Bonchev–Trinajstić information content (AvgIpc) is 3.11. The van der Waals surface area contributed by atoms with E-state index in [4.69, 9.17) is 5.73 Å². The first-order chi connectivity index (χ1) is 14.7. The van der Waals surface area contributed by atoms with E-state index in [1.54, 1.807) is 18.2 Å². The molecule has 0 radical (unpaired) electrons. The number of nitrogens with one attached hydrogen (secondary N) is 2. The zero-order valence-corrected chi connectivity index (χ0v) is 19.3. The lowest BCUT2D eigenvalue weighted by Gasteiger charge is -2.23. The van der Waals surface area contributed by atoms with Gasteiger partial charge in [-0.2, -0.15) is 4.31 Å². The lowest BCUT2D eigenvalue weighted by molar-refractivity contribution is -0.124. The molecule has 31 heavy (non-hydrogen) atoms. The molecule has 0 aliphatic carbocycles. The number of nitrogens with zero attached hydrogens (tertiary/aromatic N) is 2. The van der Waals surface area contributed by atoms with Crippen LogP contribution in [-0.4, -0.2) is 62.9 Å². The number of carbonyl (C=O) groups excluding carboxylic acids is 2. The van der Waals surface area contributed by atoms with E-state index in [2.05, 4.69) is 17.6 Å². The second kappa shape index (κ2) is 12.2. The fraction of sp³-hybridized carbons (Fsp3) is 0.619. The molecule has 3 unspecified atom stereocenters. The molecule has 2 rings (SSSR count). The summed E-state index contributed by atoms with van der Waals surface area (Å²) in [6, 6.07) is 4.60. The number of halogens is 1. The van der Waals surface area contributed by atoms with Crippen LogP contribution in [-0.2, 0) is 20.8 Å². The zero-order valence-electron chi connectivity index (χ0n) is 18.5. The Morgan fingerprint density at radius 2 is 1.87 bits per heavy atom. The normalized spacial score (nSPS) is 20.2. The van der Waals surface area contributed by atoms with E-state index in [0.29, 0.717) is 25.2 Å². The fourth-order valence-corrected chi connectivity index (χ4v) is 4.75. The minimum atomic E-state index is -1.30. The molecule has 4 N–H and O–H groups in total. The van der Waals surface area contributed by atoms with Gasteiger partial charge in [0.15, 0.2) is 11.2 Å². The van der Waals surface area contributed by atoms with E-state index >= 15 is 0 Å². The van der Waals surface area contributed by atoms with E-state index < -0.39 is 23.3 Å². The Bertz CT molecular complexity index is 764. The molecule has 174 valence electrons. The summed E-state index contributed by atoms with van der Waals surface area (Å²) in [5.41, 5.74) is 6.62. The highest BCUT2D eigenvalue weighted by Crippen LogP contribution is 2.17. The Balaban J connectivity index is 1.75. The maximum absolute atomic E-state index is 13.0. The van der Waals surface area contributed by atoms with Crippen molar-refractivity contribution in [1.29, 1.82) is 0 Å². The molecule has 1 aromatic rings. The van der Waals surface area contributed by atoms with Gasteiger partial charge in [0.25, 0.3) is 0 Å². The quantitative estimate of drug-likeness (QED) is 0.471. The van der Waals surface area contributed by atoms with E-state index in [9.17, 15) is 18.2 Å². The van der Waals surface area contributed by atoms with Crippen LogP contribution in [0.2, 0.25) is 0 Å². The highest BCUT2D eigenvalue weighted by atomic mass is 32.2. The lowest BCUT2D eigenvalue weighted by Crippen LogP contribution is -2.48. The molecule has 0 bridgehead atoms. The summed E-state index contributed by atoms with van der Waals surface area (Å²) in [5, 5.41) is 5.53. The van der Waals surface area contributed by atoms with Crippen LogP contribution in [0.25, 0.3) is 0 Å². The van der Waals surface area contributed by atoms with Crippen molar-refractivity contribution in [3.05, 3.63) is 30.1 Å². The Labute approximate surface area is 186 Å². The number of rotatable bonds is 11. The first kappa shape index (κ1) is 25.4. The largest absolute Gasteiger partial charge is 0.353 e. The minimum Gasteiger partial charge on any atom is -0.353 e. The predicted molar refractivity (Wildman–Crippen MR) is 121 cm³/mol. The van der Waals surface area contributed by atoms with Gasteiger partial charge in [-0.3, -0.25) is 9.59 Å². The summed E-state index contributed by atoms with van der Waals surface area (Å²) in [4.78, 5) is 24.8. The van der Waals surface area contributed by atoms with Crippen molar-refractivity contribution >= 4 is 28.7 Å². The predicted octanol–water partition coefficient (Wildman–Crippen LogP) is 1.62. The monoisotopic (exact) mass is 455 g/mol. The number of benzene rings is 1. The molecular weight excluding hydrogens is 421 g/mol. The van der Waals surface area contributed by atoms with Crippen LogP contribution in [0.5, 0.6) is 0 Å². The maximum atomic E-state index is 13.0. The van der Waals surface area contributed by atoms with E-state index in [-0.39, 0.29) is 30.1 Å². The van der Waals surface area contributed by atoms with Gasteiger partial charge in [-0.15, -0.1) is 0 Å². The van der Waals surface area contributed by atoms with Crippen LogP contribution < -0.4 is 16.4 Å². The van der Waals surface area contributed by atoms with E-state index in [0.717, 1.165) is 19.4 Å². The Hall–Kier alpha value is -1.88. The number of anilines is 1. The van der Waals surface area contributed by atoms with Gasteiger partial charge < -0.3 is 16.4 Å². The van der Waals surface area contributed by atoms with Gasteiger partial charge in [-0.05, 0) is 44.0 Å². The zero-order chi connectivity index (χ0) is 23.0. The second-order valence-electron chi connectivity index (χ2n) is 7.97. The molecule has 1 fully saturated rings. The van der Waals surface area contributed by atoms with Crippen LogP contribution in [0.3, 0.4) is 0 Å². The molecule has 1 aliphatic heterocycles. The topological polar surface area (TPSA) is 108 Å². The summed E-state index contributed by atoms with van der Waals surface area (Å²) >= 11 is -1.30. The van der Waals surface area contributed by atoms with Crippen LogP contribution >= 0.6 is 0 Å². The van der Waals surface area contributed by atoms with Gasteiger partial charge >= 0.3 is 0 Å². The molecule has 1 heterocycles. The lowest BCUT2D eigenvalue weighted by atomic mass is 10.0. The molecule has 10 heteroatoms. The Morgan fingerprint density at radius 1 is 1.19 bits per heavy atom. The van der Waals surface area contributed by atoms with Crippen molar-refractivity contribution < 1.29 is 18.2 Å². The smallest absolute Gasteiger partial charge is 0.238 e. The average molecular weight is 456 g/mol. The minimum absolute atomic E-state index is 0.220. The molecule has 0 saturated carbocycles. The third-order valence-electron chi connectivity index (χ3n) is 5.32. The third kappa shape index (κ3) is 7.64. The van der Waals surface area contributed by atoms with Crippen LogP contribution in [0.4, 0.5) is 10.1 Å². The first-order valence-electron chi connectivity index (χ1n) is 10.8. The van der Waals surface area contributed by atoms with E-state index in [1.165, 1.54) is 24.3 Å². The highest BCUT2D eigenvalue weighted by molar-refractivity contribution is 7.80. The summed E-state index contributed by atoms with van der Waals surface area (Å²) in [5.74, 6) is -1.21. The molecular formula is C21H34FN5O3S. The van der Waals surface area contributed by atoms with Gasteiger partial charge in [0.05, 0.1) is 6.04 Å². The number of nitrogens with two attached hydrogens (primary N) is 1. The van der Waals surface area contributed by atoms with Crippen molar-refractivity contribution in [3.8, 4) is 0 Å². The molecule has 0 aromatic heterocycles. The number of unbranched alkanes of at least 4 members (excludes halogenated alkanes) is 1. The van der Waals surface area contributed by atoms with Crippen molar-refractivity contribution in [3.63, 3.8) is 0 Å². The van der Waals surface area contributed by atoms with Gasteiger partial charge in [-0.25, -0.2) is 12.9 Å². The summed E-state index contributed by atoms with van der Waals surface area (Å²) in [6.07, 6.45) is 2.38. The molecule has 4 atom stereocenters. The molecule has 0 spiro atoms. The van der Waals surface area contributed by atoms with E-state index in [1.807, 2.05) is 4.31 Å². The molecule has 2 amide bonds. The summed E-state index contributed by atoms with van der Waals surface area (Å²) in [6.45, 7) is 7.82. The Morgan fingerprint density at radius 3 is 2.52 bits per heavy atom. The van der Waals surface area contributed by atoms with Gasteiger partial charge in [0.2, 0.25) is 11.8 Å². The van der Waals surface area contributed by atoms with Crippen molar-refractivity contribution in [2.75, 3.05) is 31.5 Å². The Kier molecular flexibility index (Phi) is 10.0. The fourth-order valence-electron chi connectivity index (χ4n) is 3.32. The second-order valence-corrected chi connectivity index (χ2v) is 9.41. The number of carbonyl (C=O) groups is 2. The van der Waals surface area contributed by atoms with Crippen molar-refractivity contribution in [2.24, 2.45) is 11.7 Å². The summed E-state index contributed by atoms with van der Waals surface area (Å²) in [7, 11) is 0. The molecule has 1 aromatic carbocycles. The SMILES string of the molecule is CCCCN1CCN([C@H](C)C(=O)NCC(N)CC(C)C(=O)Nc2ccc(F)cc2)S1=O. The van der Waals surface area contributed by atoms with Crippen molar-refractivity contribution in [1.82, 2.24) is 13.9 Å². The van der Waals surface area contributed by atoms with Gasteiger partial charge in [0.1, 0.15) is 5.82 Å². The van der Waals surface area contributed by atoms with Crippen LogP contribution in [0, 0.1) is 11.7 Å².